The Bertz CT molecular complexity index is 357. The van der Waals surface area contributed by atoms with Gasteiger partial charge in [0.15, 0.2) is 0 Å². The molecule has 0 unspecified atom stereocenters. The van der Waals surface area contributed by atoms with Crippen LogP contribution in [-0.2, 0) is 28.1 Å². The second-order valence-corrected chi connectivity index (χ2v) is 9.49. The molecule has 1 rings (SSSR count). The summed E-state index contributed by atoms with van der Waals surface area (Å²) in [6.45, 7) is 4.16. The van der Waals surface area contributed by atoms with Gasteiger partial charge in [-0.3, -0.25) is 0 Å². The molecular formula is C10H12ClHgNO2. The van der Waals surface area contributed by atoms with Crippen LogP contribution in [0.25, 0.3) is 0 Å². The second kappa shape index (κ2) is 6.33. The molecule has 0 aromatic heterocycles. The van der Waals surface area contributed by atoms with E-state index in [0.29, 0.717) is 6.61 Å². The van der Waals surface area contributed by atoms with Crippen molar-refractivity contribution in [2.75, 3.05) is 11.9 Å². The van der Waals surface area contributed by atoms with Gasteiger partial charge in [-0.25, -0.2) is 0 Å². The molecule has 1 N–H and O–H groups in total. The first kappa shape index (κ1) is 12.8. The van der Waals surface area contributed by atoms with E-state index in [9.17, 15) is 4.79 Å². The van der Waals surface area contributed by atoms with Gasteiger partial charge in [0.2, 0.25) is 0 Å². The van der Waals surface area contributed by atoms with Crippen molar-refractivity contribution >= 4 is 23.1 Å². The van der Waals surface area contributed by atoms with Crippen LogP contribution in [0.4, 0.5) is 10.5 Å². The number of aryl methyl sites for hydroxylation is 1. The number of anilines is 1. The van der Waals surface area contributed by atoms with Crippen molar-refractivity contribution < 1.29 is 32.9 Å². The van der Waals surface area contributed by atoms with Crippen molar-refractivity contribution in [2.45, 2.75) is 13.8 Å². The predicted octanol–water partition coefficient (Wildman–Crippen LogP) is 2.43. The molecule has 1 aromatic rings. The number of amides is 1. The van der Waals surface area contributed by atoms with Crippen LogP contribution in [0.5, 0.6) is 0 Å². The van der Waals surface area contributed by atoms with E-state index in [0.717, 1.165) is 8.76 Å². The van der Waals surface area contributed by atoms with E-state index >= 15 is 0 Å². The normalized spacial score (nSPS) is 9.27. The van der Waals surface area contributed by atoms with Crippen LogP contribution in [0.2, 0.25) is 0 Å². The Morgan fingerprint density at radius 2 is 2.33 bits per heavy atom. The average Bonchev–Trinajstić information content (AvgIpc) is 2.21. The first-order valence-corrected chi connectivity index (χ1v) is 14.3. The van der Waals surface area contributed by atoms with Gasteiger partial charge in [-0.1, -0.05) is 0 Å². The Labute approximate surface area is 105 Å². The maximum atomic E-state index is 11.2. The van der Waals surface area contributed by atoms with Crippen molar-refractivity contribution in [1.82, 2.24) is 0 Å². The molecule has 0 bridgehead atoms. The second-order valence-electron chi connectivity index (χ2n) is 3.14. The summed E-state index contributed by atoms with van der Waals surface area (Å²) in [6, 6.07) is 5.87. The molecule has 1 amide bonds. The van der Waals surface area contributed by atoms with Crippen LogP contribution in [0.15, 0.2) is 18.2 Å². The molecule has 0 aliphatic carbocycles. The van der Waals surface area contributed by atoms with Crippen molar-refractivity contribution in [2.24, 2.45) is 0 Å². The summed E-state index contributed by atoms with van der Waals surface area (Å²) in [6.07, 6.45) is -0.416. The first-order chi connectivity index (χ1) is 7.17. The number of halogens is 1. The third-order valence-electron chi connectivity index (χ3n) is 1.92. The summed E-state index contributed by atoms with van der Waals surface area (Å²) >= 11 is -1.52. The van der Waals surface area contributed by atoms with Crippen LogP contribution in [0.1, 0.15) is 12.5 Å². The Morgan fingerprint density at radius 1 is 1.60 bits per heavy atom. The van der Waals surface area contributed by atoms with Gasteiger partial charge >= 0.3 is 106 Å². The molecule has 78 valence electrons. The zero-order valence-electron chi connectivity index (χ0n) is 8.84. The van der Waals surface area contributed by atoms with Crippen molar-refractivity contribution in [3.8, 4) is 0 Å². The number of nitrogens with one attached hydrogen (secondary N) is 1. The first-order valence-electron chi connectivity index (χ1n) is 4.76. The third kappa shape index (κ3) is 3.99. The number of carbonyl (C=O) groups is 1. The van der Waals surface area contributed by atoms with Crippen LogP contribution >= 0.6 is 8.25 Å². The number of ether oxygens (including phenoxy) is 1. The van der Waals surface area contributed by atoms with Gasteiger partial charge in [-0.15, -0.1) is 0 Å². The monoisotopic (exact) mass is 415 g/mol. The van der Waals surface area contributed by atoms with Crippen molar-refractivity contribution in [1.29, 1.82) is 0 Å². The van der Waals surface area contributed by atoms with Crippen molar-refractivity contribution in [3.63, 3.8) is 0 Å². The van der Waals surface area contributed by atoms with E-state index in [4.69, 9.17) is 13.0 Å². The molecule has 0 heterocycles. The van der Waals surface area contributed by atoms with Gasteiger partial charge in [-0.2, -0.15) is 0 Å². The summed E-state index contributed by atoms with van der Waals surface area (Å²) < 4.78 is 5.92. The number of hydrogen-bond acceptors (Lipinski definition) is 2. The molecule has 0 aliphatic rings. The topological polar surface area (TPSA) is 38.3 Å². The SMILES string of the molecule is CCOC(=O)Nc1ccc(C)c[c]1[Hg][Cl]. The molecule has 0 saturated heterocycles. The fourth-order valence-electron chi connectivity index (χ4n) is 1.23. The molecule has 0 spiro atoms. The standard InChI is InChI=1S/C10H12NO2.ClH.Hg/c1-3-13-10(12)11-9-6-4-8(2)5-7-9;;/h4-6H,3H2,1-2H3,(H,11,12);1H;/q;;+1/p-1. The van der Waals surface area contributed by atoms with E-state index in [2.05, 4.69) is 5.32 Å². The van der Waals surface area contributed by atoms with E-state index in [1.807, 2.05) is 25.1 Å². The molecule has 0 atom stereocenters. The Balaban J connectivity index is 2.80. The molecule has 0 aliphatic heterocycles. The molecule has 1 aromatic carbocycles. The molecule has 15 heavy (non-hydrogen) atoms. The molecule has 0 fully saturated rings. The summed E-state index contributed by atoms with van der Waals surface area (Å²) in [7, 11) is 5.99. The van der Waals surface area contributed by atoms with Crippen LogP contribution in [0.3, 0.4) is 0 Å². The molecule has 0 saturated carbocycles. The Hall–Kier alpha value is -0.285. The Kier molecular flexibility index (Phi) is 5.40. The Morgan fingerprint density at radius 3 is 2.93 bits per heavy atom. The van der Waals surface area contributed by atoms with Gasteiger partial charge < -0.3 is 0 Å². The number of hydrogen-bond donors (Lipinski definition) is 1. The van der Waals surface area contributed by atoms with E-state index in [-0.39, 0.29) is 0 Å². The van der Waals surface area contributed by atoms with E-state index in [1.54, 1.807) is 6.92 Å². The van der Waals surface area contributed by atoms with Gasteiger partial charge in [0.25, 0.3) is 0 Å². The molecular weight excluding hydrogens is 402 g/mol. The van der Waals surface area contributed by atoms with Gasteiger partial charge in [0, 0.05) is 0 Å². The van der Waals surface area contributed by atoms with Gasteiger partial charge in [0.05, 0.1) is 0 Å². The summed E-state index contributed by atoms with van der Waals surface area (Å²) in [5.41, 5.74) is 1.97. The van der Waals surface area contributed by atoms with Crippen molar-refractivity contribution in [3.05, 3.63) is 23.8 Å². The minimum absolute atomic E-state index is 0.373. The quantitative estimate of drug-likeness (QED) is 0.772. The molecule has 5 heteroatoms. The summed E-state index contributed by atoms with van der Waals surface area (Å²) in [5.74, 6) is 0. The zero-order chi connectivity index (χ0) is 11.3. The predicted molar refractivity (Wildman–Crippen MR) is 57.3 cm³/mol. The summed E-state index contributed by atoms with van der Waals surface area (Å²) in [5, 5.41) is 2.70. The zero-order valence-corrected chi connectivity index (χ0v) is 15.1. The average molecular weight is 414 g/mol. The van der Waals surface area contributed by atoms with Gasteiger partial charge in [0.1, 0.15) is 0 Å². The van der Waals surface area contributed by atoms with E-state index in [1.165, 1.54) is 5.56 Å². The minimum atomic E-state index is -1.52. The van der Waals surface area contributed by atoms with Crippen LogP contribution in [0, 0.1) is 6.92 Å². The molecule has 0 radical (unpaired) electrons. The number of rotatable bonds is 3. The van der Waals surface area contributed by atoms with E-state index < -0.39 is 29.4 Å². The van der Waals surface area contributed by atoms with Crippen LogP contribution < -0.4 is 8.39 Å². The third-order valence-corrected chi connectivity index (χ3v) is 7.84. The fraction of sp³-hybridized carbons (Fsp3) is 0.300. The van der Waals surface area contributed by atoms with Crippen LogP contribution in [-0.4, -0.2) is 12.7 Å². The number of carbonyl (C=O) groups excluding carboxylic acids is 1. The summed E-state index contributed by atoms with van der Waals surface area (Å²) in [4.78, 5) is 11.2. The molecule has 3 nitrogen and oxygen atoms in total. The fourth-order valence-corrected chi connectivity index (χ4v) is 6.09. The van der Waals surface area contributed by atoms with Gasteiger partial charge in [-0.05, 0) is 0 Å². The maximum absolute atomic E-state index is 11.2. The number of benzene rings is 1.